The van der Waals surface area contributed by atoms with Gasteiger partial charge in [0.05, 0.1) is 24.6 Å². The molecule has 0 spiro atoms. The fourth-order valence-electron chi connectivity index (χ4n) is 4.04. The summed E-state index contributed by atoms with van der Waals surface area (Å²) in [4.78, 5) is 15.1. The van der Waals surface area contributed by atoms with E-state index in [1.54, 1.807) is 6.26 Å². The lowest BCUT2D eigenvalue weighted by atomic mass is 9.97. The van der Waals surface area contributed by atoms with Crippen LogP contribution in [0.25, 0.3) is 0 Å². The maximum absolute atomic E-state index is 13.3. The van der Waals surface area contributed by atoms with Gasteiger partial charge in [-0.25, -0.2) is 0 Å². The number of thioether (sulfide) groups is 1. The molecule has 1 saturated carbocycles. The van der Waals surface area contributed by atoms with E-state index in [2.05, 4.69) is 39.0 Å². The molecule has 0 bridgehead atoms. The summed E-state index contributed by atoms with van der Waals surface area (Å²) in [6.07, 6.45) is 3.95. The number of aromatic nitrogens is 3. The number of rotatable bonds is 9. The van der Waals surface area contributed by atoms with Gasteiger partial charge in [0, 0.05) is 13.0 Å². The number of amides is 1. The van der Waals surface area contributed by atoms with Crippen molar-refractivity contribution in [2.75, 3.05) is 12.8 Å². The van der Waals surface area contributed by atoms with Crippen LogP contribution in [0.4, 0.5) is 0 Å². The molecule has 5 rings (SSSR count). The third-order valence-electron chi connectivity index (χ3n) is 5.92. The zero-order valence-corrected chi connectivity index (χ0v) is 19.3. The molecule has 0 saturated heterocycles. The zero-order valence-electron chi connectivity index (χ0n) is 18.5. The molecule has 0 atom stereocenters. The summed E-state index contributed by atoms with van der Waals surface area (Å²) < 4.78 is 7.65. The Morgan fingerprint density at radius 1 is 1.03 bits per heavy atom. The van der Waals surface area contributed by atoms with Crippen LogP contribution >= 0.6 is 11.8 Å². The lowest BCUT2D eigenvalue weighted by Gasteiger charge is -2.29. The Labute approximate surface area is 197 Å². The molecule has 1 aliphatic rings. The monoisotopic (exact) mass is 458 g/mol. The van der Waals surface area contributed by atoms with Crippen LogP contribution in [-0.4, -0.2) is 38.4 Å². The summed E-state index contributed by atoms with van der Waals surface area (Å²) in [7, 11) is 1.87. The number of furan rings is 1. The molecule has 1 aliphatic carbocycles. The van der Waals surface area contributed by atoms with Crippen LogP contribution in [0.3, 0.4) is 0 Å². The van der Waals surface area contributed by atoms with Gasteiger partial charge in [-0.2, -0.15) is 0 Å². The van der Waals surface area contributed by atoms with Crippen molar-refractivity contribution < 1.29 is 9.21 Å². The van der Waals surface area contributed by atoms with Crippen LogP contribution in [0.5, 0.6) is 0 Å². The van der Waals surface area contributed by atoms with Gasteiger partial charge in [-0.05, 0) is 36.1 Å². The predicted octanol–water partition coefficient (Wildman–Crippen LogP) is 5.14. The zero-order chi connectivity index (χ0) is 22.6. The van der Waals surface area contributed by atoms with E-state index >= 15 is 0 Å². The smallest absolute Gasteiger partial charge is 0.233 e. The SMILES string of the molecule is CN(C(=O)CSc1nnc(C2CC2)n1Cc1ccco1)C(c1ccccc1)c1ccccc1. The lowest BCUT2D eigenvalue weighted by Crippen LogP contribution is -2.33. The van der Waals surface area contributed by atoms with E-state index in [-0.39, 0.29) is 17.7 Å². The van der Waals surface area contributed by atoms with E-state index in [0.717, 1.165) is 40.7 Å². The molecule has 0 aliphatic heterocycles. The first-order valence-electron chi connectivity index (χ1n) is 11.1. The lowest BCUT2D eigenvalue weighted by molar-refractivity contribution is -0.128. The highest BCUT2D eigenvalue weighted by molar-refractivity contribution is 7.99. The molecule has 0 unspecified atom stereocenters. The van der Waals surface area contributed by atoms with E-state index in [4.69, 9.17) is 4.42 Å². The largest absolute Gasteiger partial charge is 0.467 e. The first-order valence-corrected chi connectivity index (χ1v) is 12.1. The molecule has 0 radical (unpaired) electrons. The van der Waals surface area contributed by atoms with Crippen molar-refractivity contribution in [2.45, 2.75) is 36.5 Å². The molecular weight excluding hydrogens is 432 g/mol. The highest BCUT2D eigenvalue weighted by Crippen LogP contribution is 2.40. The molecule has 2 heterocycles. The minimum atomic E-state index is -0.150. The molecule has 33 heavy (non-hydrogen) atoms. The number of nitrogens with zero attached hydrogens (tertiary/aromatic N) is 4. The van der Waals surface area contributed by atoms with Crippen molar-refractivity contribution in [1.82, 2.24) is 19.7 Å². The number of carbonyl (C=O) groups excluding carboxylic acids is 1. The standard InChI is InChI=1S/C26H26N4O2S/c1-29(24(19-9-4-2-5-10-19)20-11-6-3-7-12-20)23(31)18-33-26-28-27-25(21-14-15-21)30(26)17-22-13-8-16-32-22/h2-13,16,21,24H,14-15,17-18H2,1H3. The van der Waals surface area contributed by atoms with Crippen molar-refractivity contribution in [3.63, 3.8) is 0 Å². The van der Waals surface area contributed by atoms with E-state index in [1.807, 2.05) is 60.5 Å². The summed E-state index contributed by atoms with van der Waals surface area (Å²) in [6.45, 7) is 0.578. The van der Waals surface area contributed by atoms with Crippen molar-refractivity contribution in [2.24, 2.45) is 0 Å². The summed E-state index contributed by atoms with van der Waals surface area (Å²) >= 11 is 1.44. The molecule has 2 aromatic carbocycles. The van der Waals surface area contributed by atoms with E-state index in [0.29, 0.717) is 12.5 Å². The fourth-order valence-corrected chi connectivity index (χ4v) is 4.91. The van der Waals surface area contributed by atoms with E-state index < -0.39 is 0 Å². The van der Waals surface area contributed by atoms with Crippen LogP contribution in [-0.2, 0) is 11.3 Å². The normalized spacial score (nSPS) is 13.4. The number of hydrogen-bond donors (Lipinski definition) is 0. The number of carbonyl (C=O) groups is 1. The number of benzene rings is 2. The molecular formula is C26H26N4O2S. The molecule has 1 amide bonds. The second kappa shape index (κ2) is 9.67. The summed E-state index contributed by atoms with van der Waals surface area (Å²) in [5, 5.41) is 9.61. The summed E-state index contributed by atoms with van der Waals surface area (Å²) in [5.41, 5.74) is 2.17. The van der Waals surface area contributed by atoms with Crippen LogP contribution in [0.2, 0.25) is 0 Å². The molecule has 7 heteroatoms. The Hall–Kier alpha value is -3.32. The van der Waals surface area contributed by atoms with Gasteiger partial charge in [0.2, 0.25) is 5.91 Å². The minimum absolute atomic E-state index is 0.0400. The van der Waals surface area contributed by atoms with Crippen molar-refractivity contribution in [3.8, 4) is 0 Å². The first-order chi connectivity index (χ1) is 16.2. The van der Waals surface area contributed by atoms with Crippen molar-refractivity contribution in [3.05, 3.63) is 102 Å². The van der Waals surface area contributed by atoms with Gasteiger partial charge >= 0.3 is 0 Å². The second-order valence-corrected chi connectivity index (χ2v) is 9.24. The van der Waals surface area contributed by atoms with Gasteiger partial charge in [-0.1, -0.05) is 72.4 Å². The van der Waals surface area contributed by atoms with E-state index in [1.165, 1.54) is 11.8 Å². The molecule has 0 N–H and O–H groups in total. The highest BCUT2D eigenvalue weighted by atomic mass is 32.2. The Morgan fingerprint density at radius 3 is 2.27 bits per heavy atom. The third-order valence-corrected chi connectivity index (χ3v) is 6.87. The van der Waals surface area contributed by atoms with Crippen LogP contribution in [0.15, 0.2) is 88.6 Å². The molecule has 6 nitrogen and oxygen atoms in total. The quantitative estimate of drug-likeness (QED) is 0.325. The van der Waals surface area contributed by atoms with Gasteiger partial charge in [0.25, 0.3) is 0 Å². The molecule has 2 aromatic heterocycles. The molecule has 1 fully saturated rings. The maximum Gasteiger partial charge on any atom is 0.233 e. The first kappa shape index (κ1) is 21.5. The maximum atomic E-state index is 13.3. The minimum Gasteiger partial charge on any atom is -0.467 e. The van der Waals surface area contributed by atoms with Gasteiger partial charge < -0.3 is 9.32 Å². The highest BCUT2D eigenvalue weighted by Gasteiger charge is 2.31. The summed E-state index contributed by atoms with van der Waals surface area (Å²) in [5.74, 6) is 2.63. The second-order valence-electron chi connectivity index (χ2n) is 8.30. The van der Waals surface area contributed by atoms with Gasteiger partial charge in [-0.15, -0.1) is 10.2 Å². The topological polar surface area (TPSA) is 64.2 Å². The Morgan fingerprint density at radius 2 is 1.70 bits per heavy atom. The molecule has 168 valence electrons. The van der Waals surface area contributed by atoms with Crippen LogP contribution in [0.1, 0.15) is 47.5 Å². The fraction of sp³-hybridized carbons (Fsp3) is 0.269. The Kier molecular flexibility index (Phi) is 6.30. The van der Waals surface area contributed by atoms with Gasteiger partial charge in [0.15, 0.2) is 5.16 Å². The average Bonchev–Trinajstić information content (AvgIpc) is 3.42. The number of hydrogen-bond acceptors (Lipinski definition) is 5. The third kappa shape index (κ3) is 4.88. The van der Waals surface area contributed by atoms with Crippen molar-refractivity contribution in [1.29, 1.82) is 0 Å². The van der Waals surface area contributed by atoms with Gasteiger partial charge in [-0.3, -0.25) is 9.36 Å². The van der Waals surface area contributed by atoms with Crippen LogP contribution < -0.4 is 0 Å². The Balaban J connectivity index is 1.34. The Bertz CT molecular complexity index is 1150. The van der Waals surface area contributed by atoms with Gasteiger partial charge in [0.1, 0.15) is 11.6 Å². The molecule has 4 aromatic rings. The predicted molar refractivity (Wildman–Crippen MR) is 128 cm³/mol. The summed E-state index contributed by atoms with van der Waals surface area (Å²) in [6, 6.07) is 24.0. The van der Waals surface area contributed by atoms with Crippen LogP contribution in [0, 0.1) is 0 Å². The van der Waals surface area contributed by atoms with E-state index in [9.17, 15) is 4.79 Å². The van der Waals surface area contributed by atoms with Crippen molar-refractivity contribution >= 4 is 17.7 Å². The average molecular weight is 459 g/mol.